The number of carbonyl (C=O) groups excluding carboxylic acids is 2. The van der Waals surface area contributed by atoms with Crippen molar-refractivity contribution < 1.29 is 9.59 Å². The molecule has 33 heavy (non-hydrogen) atoms. The molecule has 0 bridgehead atoms. The van der Waals surface area contributed by atoms with Crippen molar-refractivity contribution in [2.45, 2.75) is 6.54 Å². The number of likely N-dealkylation sites (N-methyl/N-ethyl adjacent to an activating group) is 1. The summed E-state index contributed by atoms with van der Waals surface area (Å²) in [5.74, 6) is 0.573. The molecule has 11 heteroatoms. The lowest BCUT2D eigenvalue weighted by molar-refractivity contribution is -0.120. The Labute approximate surface area is 212 Å². The molecule has 0 spiro atoms. The third-order valence-corrected chi connectivity index (χ3v) is 5.22. The van der Waals surface area contributed by atoms with Gasteiger partial charge in [0.2, 0.25) is 5.91 Å². The van der Waals surface area contributed by atoms with Gasteiger partial charge in [-0.3, -0.25) is 19.3 Å². The van der Waals surface area contributed by atoms with E-state index >= 15 is 0 Å². The molecule has 2 N–H and O–H groups in total. The van der Waals surface area contributed by atoms with Crippen molar-refractivity contribution in [2.75, 3.05) is 58.8 Å². The van der Waals surface area contributed by atoms with Gasteiger partial charge < -0.3 is 25.3 Å². The highest BCUT2D eigenvalue weighted by Gasteiger charge is 2.27. The predicted octanol–water partition coefficient (Wildman–Crippen LogP) is 0.754. The van der Waals surface area contributed by atoms with Crippen LogP contribution in [0.2, 0.25) is 0 Å². The Morgan fingerprint density at radius 3 is 2.67 bits per heavy atom. The average molecular weight is 568 g/mol. The smallest absolute Gasteiger partial charge is 0.251 e. The van der Waals surface area contributed by atoms with Crippen LogP contribution in [0.5, 0.6) is 0 Å². The van der Waals surface area contributed by atoms with Gasteiger partial charge in [-0.1, -0.05) is 12.1 Å². The first-order valence-corrected chi connectivity index (χ1v) is 10.6. The topological polar surface area (TPSA) is 98.1 Å². The fraction of sp³-hybridized carbons (Fsp3) is 0.455. The number of aliphatic imine (C=N–C) groups is 1. The minimum absolute atomic E-state index is 0. The number of nitrogens with one attached hydrogen (secondary N) is 2. The molecule has 1 aromatic carbocycles. The second-order valence-corrected chi connectivity index (χ2v) is 8.00. The number of amides is 2. The lowest BCUT2D eigenvalue weighted by Crippen LogP contribution is -2.55. The summed E-state index contributed by atoms with van der Waals surface area (Å²) in [5.41, 5.74) is 2.39. The van der Waals surface area contributed by atoms with Crippen molar-refractivity contribution in [3.8, 4) is 0 Å². The van der Waals surface area contributed by atoms with E-state index in [-0.39, 0.29) is 42.3 Å². The zero-order valence-corrected chi connectivity index (χ0v) is 21.9. The molecular formula is C22H33IN8O2. The zero-order chi connectivity index (χ0) is 23.1. The van der Waals surface area contributed by atoms with E-state index < -0.39 is 0 Å². The standard InChI is InChI=1S/C22H32N8O2.HI/c1-23-22(29-10-11-30(20(31)16-29)19-14-26-28(4)15-19)25-13-17-6-5-7-18(12-17)21(32)24-8-9-27(2)3;/h5-7,12,14-15H,8-11,13,16H2,1-4H3,(H,23,25)(H,24,32);1H. The van der Waals surface area contributed by atoms with Crippen LogP contribution < -0.4 is 15.5 Å². The fourth-order valence-electron chi connectivity index (χ4n) is 3.51. The van der Waals surface area contributed by atoms with E-state index in [0.717, 1.165) is 17.8 Å². The molecule has 2 amide bonds. The van der Waals surface area contributed by atoms with Crippen LogP contribution in [0.4, 0.5) is 5.69 Å². The first kappa shape index (κ1) is 26.6. The number of anilines is 1. The van der Waals surface area contributed by atoms with E-state index in [1.54, 1.807) is 28.9 Å². The fourth-order valence-corrected chi connectivity index (χ4v) is 3.51. The maximum Gasteiger partial charge on any atom is 0.251 e. The number of hydrogen-bond donors (Lipinski definition) is 2. The second-order valence-electron chi connectivity index (χ2n) is 8.00. The Morgan fingerprint density at radius 2 is 2.03 bits per heavy atom. The van der Waals surface area contributed by atoms with E-state index in [0.29, 0.717) is 37.7 Å². The molecule has 10 nitrogen and oxygen atoms in total. The number of hydrogen-bond acceptors (Lipinski definition) is 5. The molecule has 2 aromatic rings. The van der Waals surface area contributed by atoms with Crippen LogP contribution in [0, 0.1) is 0 Å². The van der Waals surface area contributed by atoms with Gasteiger partial charge in [-0.25, -0.2) is 0 Å². The SMILES string of the molecule is CN=C(NCc1cccc(C(=O)NCCN(C)C)c1)N1CCN(c2cnn(C)c2)C(=O)C1.I. The third-order valence-electron chi connectivity index (χ3n) is 5.22. The van der Waals surface area contributed by atoms with Crippen LogP contribution in [0.25, 0.3) is 0 Å². The van der Waals surface area contributed by atoms with E-state index in [2.05, 4.69) is 20.7 Å². The van der Waals surface area contributed by atoms with Crippen molar-refractivity contribution in [3.05, 3.63) is 47.8 Å². The van der Waals surface area contributed by atoms with Crippen molar-refractivity contribution in [1.82, 2.24) is 30.2 Å². The maximum atomic E-state index is 12.7. The number of nitrogens with zero attached hydrogens (tertiary/aromatic N) is 6. The number of benzene rings is 1. The van der Waals surface area contributed by atoms with E-state index in [4.69, 9.17) is 0 Å². The Morgan fingerprint density at radius 1 is 1.24 bits per heavy atom. The quantitative estimate of drug-likeness (QED) is 0.291. The predicted molar refractivity (Wildman–Crippen MR) is 140 cm³/mol. The molecule has 180 valence electrons. The average Bonchev–Trinajstić information content (AvgIpc) is 3.20. The summed E-state index contributed by atoms with van der Waals surface area (Å²) < 4.78 is 1.69. The van der Waals surface area contributed by atoms with Gasteiger partial charge in [0.1, 0.15) is 6.54 Å². The van der Waals surface area contributed by atoms with Crippen molar-refractivity contribution in [2.24, 2.45) is 12.0 Å². The van der Waals surface area contributed by atoms with Crippen LogP contribution in [-0.4, -0.2) is 91.2 Å². The lowest BCUT2D eigenvalue weighted by Gasteiger charge is -2.35. The molecule has 1 saturated heterocycles. The summed E-state index contributed by atoms with van der Waals surface area (Å²) in [5, 5.41) is 10.4. The lowest BCUT2D eigenvalue weighted by atomic mass is 10.1. The van der Waals surface area contributed by atoms with E-state index in [9.17, 15) is 9.59 Å². The maximum absolute atomic E-state index is 12.7. The number of halogens is 1. The second kappa shape index (κ2) is 12.5. The summed E-state index contributed by atoms with van der Waals surface area (Å²) in [6, 6.07) is 7.51. The number of rotatable bonds is 7. The van der Waals surface area contributed by atoms with Gasteiger partial charge in [-0.15, -0.1) is 24.0 Å². The van der Waals surface area contributed by atoms with E-state index in [1.807, 2.05) is 55.3 Å². The first-order chi connectivity index (χ1) is 15.4. The van der Waals surface area contributed by atoms with Gasteiger partial charge in [-0.2, -0.15) is 5.10 Å². The number of aryl methyl sites for hydroxylation is 1. The third kappa shape index (κ3) is 7.42. The van der Waals surface area contributed by atoms with Crippen LogP contribution in [-0.2, 0) is 18.4 Å². The van der Waals surface area contributed by atoms with E-state index in [1.165, 1.54) is 0 Å². The first-order valence-electron chi connectivity index (χ1n) is 10.6. The minimum Gasteiger partial charge on any atom is -0.352 e. The monoisotopic (exact) mass is 568 g/mol. The summed E-state index contributed by atoms with van der Waals surface area (Å²) in [4.78, 5) is 35.1. The summed E-state index contributed by atoms with van der Waals surface area (Å²) in [6.45, 7) is 3.35. The van der Waals surface area contributed by atoms with Gasteiger partial charge >= 0.3 is 0 Å². The minimum atomic E-state index is -0.0878. The largest absolute Gasteiger partial charge is 0.352 e. The van der Waals surface area contributed by atoms with Crippen molar-refractivity contribution in [1.29, 1.82) is 0 Å². The van der Waals surface area contributed by atoms with Crippen LogP contribution >= 0.6 is 24.0 Å². The molecule has 0 unspecified atom stereocenters. The molecule has 3 rings (SSSR count). The molecule has 1 aliphatic rings. The highest BCUT2D eigenvalue weighted by Crippen LogP contribution is 2.16. The molecule has 0 radical (unpaired) electrons. The zero-order valence-electron chi connectivity index (χ0n) is 19.6. The summed E-state index contributed by atoms with van der Waals surface area (Å²) in [6.07, 6.45) is 3.54. The number of carbonyl (C=O) groups is 2. The van der Waals surface area contributed by atoms with Crippen LogP contribution in [0.15, 0.2) is 41.7 Å². The van der Waals surface area contributed by atoms with Crippen molar-refractivity contribution in [3.63, 3.8) is 0 Å². The summed E-state index contributed by atoms with van der Waals surface area (Å²) in [7, 11) is 7.47. The Balaban J connectivity index is 0.00000385. The molecule has 0 atom stereocenters. The van der Waals surface area contributed by atoms with Gasteiger partial charge in [-0.05, 0) is 31.8 Å². The molecule has 1 fully saturated rings. The summed E-state index contributed by atoms with van der Waals surface area (Å²) >= 11 is 0. The highest BCUT2D eigenvalue weighted by molar-refractivity contribution is 14.0. The Hall–Kier alpha value is -2.67. The van der Waals surface area contributed by atoms with Crippen LogP contribution in [0.1, 0.15) is 15.9 Å². The van der Waals surface area contributed by atoms with Crippen molar-refractivity contribution >= 4 is 47.4 Å². The number of aromatic nitrogens is 2. The Kier molecular flexibility index (Phi) is 10.1. The normalized spacial score (nSPS) is 14.3. The molecule has 1 aliphatic heterocycles. The van der Waals surface area contributed by atoms with Gasteiger partial charge in [0.15, 0.2) is 5.96 Å². The number of piperazine rings is 1. The molecular weight excluding hydrogens is 535 g/mol. The van der Waals surface area contributed by atoms with Gasteiger partial charge in [0.05, 0.1) is 11.9 Å². The highest BCUT2D eigenvalue weighted by atomic mass is 127. The Bertz CT molecular complexity index is 975. The molecule has 0 saturated carbocycles. The molecule has 2 heterocycles. The molecule has 0 aliphatic carbocycles. The number of guanidine groups is 1. The van der Waals surface area contributed by atoms with Gasteiger partial charge in [0.25, 0.3) is 5.91 Å². The van der Waals surface area contributed by atoms with Crippen LogP contribution in [0.3, 0.4) is 0 Å². The van der Waals surface area contributed by atoms with Gasteiger partial charge in [0, 0.05) is 58.6 Å². The molecule has 1 aromatic heterocycles.